The van der Waals surface area contributed by atoms with Crippen molar-refractivity contribution in [2.24, 2.45) is 0 Å². The number of anilines is 2. The Kier molecular flexibility index (Phi) is 4.49. The largest absolute Gasteiger partial charge is 0.393 e. The molecule has 1 aliphatic rings. The molecule has 0 atom stereocenters. The fourth-order valence-electron chi connectivity index (χ4n) is 3.16. The molecule has 0 radical (unpaired) electrons. The van der Waals surface area contributed by atoms with Crippen molar-refractivity contribution in [2.45, 2.75) is 37.8 Å². The molecule has 1 saturated carbocycles. The van der Waals surface area contributed by atoms with E-state index in [2.05, 4.69) is 25.7 Å². The molecule has 0 aromatic carbocycles. The van der Waals surface area contributed by atoms with Gasteiger partial charge < -0.3 is 15.7 Å². The molecule has 0 unspecified atom stereocenters. The topological polar surface area (TPSA) is 104 Å². The van der Waals surface area contributed by atoms with E-state index in [-0.39, 0.29) is 12.0 Å². The first-order valence-electron chi connectivity index (χ1n) is 8.70. The van der Waals surface area contributed by atoms with Crippen LogP contribution in [0.2, 0.25) is 0 Å². The van der Waals surface area contributed by atoms with E-state index in [0.717, 1.165) is 31.5 Å². The van der Waals surface area contributed by atoms with Crippen LogP contribution in [0, 0.1) is 0 Å². The van der Waals surface area contributed by atoms with Crippen molar-refractivity contribution >= 4 is 23.2 Å². The van der Waals surface area contributed by atoms with E-state index in [9.17, 15) is 9.90 Å². The summed E-state index contributed by atoms with van der Waals surface area (Å²) in [6.45, 7) is 0. The molecule has 0 saturated heterocycles. The standard InChI is InChI=1S/C18H20N6O2/c25-14-3-1-13(2-4-14)21-15-5-6-16-20-11-17(24(16)23-15)22-18(26)12-7-9-19-10-8-12/h5-11,13-14,25H,1-4H2,(H,21,23)(H,22,26)/t13-,14-. The Labute approximate surface area is 150 Å². The second-order valence-electron chi connectivity index (χ2n) is 6.47. The molecule has 0 spiro atoms. The lowest BCUT2D eigenvalue weighted by Gasteiger charge is -2.26. The van der Waals surface area contributed by atoms with Gasteiger partial charge >= 0.3 is 0 Å². The summed E-state index contributed by atoms with van der Waals surface area (Å²) in [7, 11) is 0. The molecule has 1 aliphatic carbocycles. The first kappa shape index (κ1) is 16.5. The highest BCUT2D eigenvalue weighted by Crippen LogP contribution is 2.22. The molecule has 8 heteroatoms. The predicted molar refractivity (Wildman–Crippen MR) is 97.1 cm³/mol. The summed E-state index contributed by atoms with van der Waals surface area (Å²) in [5.41, 5.74) is 1.17. The molecule has 26 heavy (non-hydrogen) atoms. The Morgan fingerprint density at radius 3 is 2.65 bits per heavy atom. The van der Waals surface area contributed by atoms with Gasteiger partial charge in [-0.05, 0) is 49.9 Å². The average Bonchev–Trinajstić information content (AvgIpc) is 3.06. The molecule has 4 rings (SSSR count). The number of aromatic nitrogens is 4. The Bertz CT molecular complexity index is 902. The number of fused-ring (bicyclic) bond motifs is 1. The van der Waals surface area contributed by atoms with Gasteiger partial charge in [-0.3, -0.25) is 9.78 Å². The van der Waals surface area contributed by atoms with Crippen molar-refractivity contribution in [2.75, 3.05) is 10.6 Å². The summed E-state index contributed by atoms with van der Waals surface area (Å²) in [4.78, 5) is 20.5. The number of pyridine rings is 1. The van der Waals surface area contributed by atoms with E-state index < -0.39 is 0 Å². The van der Waals surface area contributed by atoms with E-state index >= 15 is 0 Å². The molecule has 3 aromatic heterocycles. The van der Waals surface area contributed by atoms with E-state index in [4.69, 9.17) is 0 Å². The van der Waals surface area contributed by atoms with Gasteiger partial charge in [0.15, 0.2) is 11.5 Å². The van der Waals surface area contributed by atoms with E-state index in [0.29, 0.717) is 23.1 Å². The van der Waals surface area contributed by atoms with E-state index in [1.807, 2.05) is 12.1 Å². The first-order chi connectivity index (χ1) is 12.7. The lowest BCUT2D eigenvalue weighted by Crippen LogP contribution is -2.28. The van der Waals surface area contributed by atoms with Gasteiger partial charge in [-0.25, -0.2) is 4.98 Å². The van der Waals surface area contributed by atoms with Crippen molar-refractivity contribution in [3.63, 3.8) is 0 Å². The molecule has 1 fully saturated rings. The normalized spacial score (nSPS) is 20.0. The summed E-state index contributed by atoms with van der Waals surface area (Å²) in [5, 5.41) is 20.4. The molecule has 134 valence electrons. The smallest absolute Gasteiger partial charge is 0.256 e. The van der Waals surface area contributed by atoms with Crippen molar-refractivity contribution in [3.8, 4) is 0 Å². The summed E-state index contributed by atoms with van der Waals surface area (Å²) in [6.07, 6.45) is 7.98. The maximum absolute atomic E-state index is 12.3. The second-order valence-corrected chi connectivity index (χ2v) is 6.47. The van der Waals surface area contributed by atoms with Crippen molar-refractivity contribution < 1.29 is 9.90 Å². The number of rotatable bonds is 4. The van der Waals surface area contributed by atoms with Crippen LogP contribution in [0.3, 0.4) is 0 Å². The number of nitrogens with zero attached hydrogens (tertiary/aromatic N) is 4. The zero-order chi connectivity index (χ0) is 17.9. The minimum atomic E-state index is -0.240. The number of aliphatic hydroxyl groups excluding tert-OH is 1. The first-order valence-corrected chi connectivity index (χ1v) is 8.70. The van der Waals surface area contributed by atoms with Crippen LogP contribution in [0.4, 0.5) is 11.6 Å². The summed E-state index contributed by atoms with van der Waals surface area (Å²) in [5.74, 6) is 0.983. The highest BCUT2D eigenvalue weighted by atomic mass is 16.3. The minimum absolute atomic E-state index is 0.188. The average molecular weight is 352 g/mol. The summed E-state index contributed by atoms with van der Waals surface area (Å²) >= 11 is 0. The third-order valence-corrected chi connectivity index (χ3v) is 4.60. The van der Waals surface area contributed by atoms with Crippen LogP contribution in [0.5, 0.6) is 0 Å². The SMILES string of the molecule is O=C(Nc1cnc2ccc(N[C@H]3CC[C@H](O)CC3)nn12)c1ccncc1. The van der Waals surface area contributed by atoms with Crippen LogP contribution < -0.4 is 10.6 Å². The molecule has 0 bridgehead atoms. The van der Waals surface area contributed by atoms with Gasteiger partial charge in [-0.1, -0.05) is 0 Å². The van der Waals surface area contributed by atoms with Crippen LogP contribution in [0.1, 0.15) is 36.0 Å². The fraction of sp³-hybridized carbons (Fsp3) is 0.333. The van der Waals surface area contributed by atoms with Crippen LogP contribution in [-0.2, 0) is 0 Å². The van der Waals surface area contributed by atoms with Crippen LogP contribution in [-0.4, -0.2) is 42.7 Å². The number of imidazole rings is 1. The van der Waals surface area contributed by atoms with Gasteiger partial charge in [0.05, 0.1) is 12.3 Å². The molecular formula is C18H20N6O2. The maximum atomic E-state index is 12.3. The van der Waals surface area contributed by atoms with Crippen molar-refractivity contribution in [3.05, 3.63) is 48.4 Å². The summed E-state index contributed by atoms with van der Waals surface area (Å²) in [6, 6.07) is 7.32. The Morgan fingerprint density at radius 2 is 1.88 bits per heavy atom. The Balaban J connectivity index is 1.52. The van der Waals surface area contributed by atoms with Crippen LogP contribution >= 0.6 is 0 Å². The second kappa shape index (κ2) is 7.09. The Hall–Kier alpha value is -3.00. The minimum Gasteiger partial charge on any atom is -0.393 e. The molecule has 0 aliphatic heterocycles. The molecule has 3 N–H and O–H groups in total. The quantitative estimate of drug-likeness (QED) is 0.664. The molecule has 3 aromatic rings. The van der Waals surface area contributed by atoms with E-state index in [1.165, 1.54) is 0 Å². The molecule has 3 heterocycles. The number of carbonyl (C=O) groups is 1. The van der Waals surface area contributed by atoms with E-state index in [1.54, 1.807) is 35.2 Å². The highest BCUT2D eigenvalue weighted by Gasteiger charge is 2.19. The van der Waals surface area contributed by atoms with Gasteiger partial charge in [0.25, 0.3) is 5.91 Å². The van der Waals surface area contributed by atoms with Crippen LogP contribution in [0.15, 0.2) is 42.9 Å². The maximum Gasteiger partial charge on any atom is 0.256 e. The number of amides is 1. The van der Waals surface area contributed by atoms with Crippen molar-refractivity contribution in [1.82, 2.24) is 19.6 Å². The lowest BCUT2D eigenvalue weighted by atomic mass is 9.93. The molecular weight excluding hydrogens is 332 g/mol. The predicted octanol–water partition coefficient (Wildman–Crippen LogP) is 2.09. The zero-order valence-corrected chi connectivity index (χ0v) is 14.2. The third kappa shape index (κ3) is 3.50. The lowest BCUT2D eigenvalue weighted by molar-refractivity contribution is 0.102. The molecule has 1 amide bonds. The number of aliphatic hydroxyl groups is 1. The fourth-order valence-corrected chi connectivity index (χ4v) is 3.16. The number of hydrogen-bond acceptors (Lipinski definition) is 6. The highest BCUT2D eigenvalue weighted by molar-refractivity contribution is 6.03. The van der Waals surface area contributed by atoms with Gasteiger partial charge in [0.2, 0.25) is 0 Å². The number of hydrogen-bond donors (Lipinski definition) is 3. The Morgan fingerprint density at radius 1 is 1.12 bits per heavy atom. The summed E-state index contributed by atoms with van der Waals surface area (Å²) < 4.78 is 1.61. The van der Waals surface area contributed by atoms with Crippen molar-refractivity contribution in [1.29, 1.82) is 0 Å². The zero-order valence-electron chi connectivity index (χ0n) is 14.2. The van der Waals surface area contributed by atoms with Gasteiger partial charge in [0.1, 0.15) is 5.82 Å². The van der Waals surface area contributed by atoms with Gasteiger partial charge in [0, 0.05) is 24.0 Å². The number of nitrogens with one attached hydrogen (secondary N) is 2. The van der Waals surface area contributed by atoms with Gasteiger partial charge in [-0.15, -0.1) is 5.10 Å². The third-order valence-electron chi connectivity index (χ3n) is 4.60. The monoisotopic (exact) mass is 352 g/mol. The number of carbonyl (C=O) groups excluding carboxylic acids is 1. The molecule has 8 nitrogen and oxygen atoms in total. The van der Waals surface area contributed by atoms with Gasteiger partial charge in [-0.2, -0.15) is 4.52 Å². The van der Waals surface area contributed by atoms with Crippen LogP contribution in [0.25, 0.3) is 5.65 Å².